The Balaban J connectivity index is 1.55. The molecule has 5 rings (SSSR count). The van der Waals surface area contributed by atoms with E-state index in [0.29, 0.717) is 13.1 Å². The van der Waals surface area contributed by atoms with Crippen LogP contribution in [0.4, 0.5) is 14.5 Å². The number of halogens is 2. The minimum Gasteiger partial charge on any atom is -0.369 e. The third-order valence-corrected chi connectivity index (χ3v) is 10.2. The summed E-state index contributed by atoms with van der Waals surface area (Å²) < 4.78 is 56.2. The molecule has 3 N–H and O–H groups in total. The molecular weight excluding hydrogens is 528 g/mol. The average molecular weight is 556 g/mol. The van der Waals surface area contributed by atoms with Gasteiger partial charge in [0.1, 0.15) is 27.6 Å². The number of benzene rings is 1. The fourth-order valence-corrected chi connectivity index (χ4v) is 7.51. The second kappa shape index (κ2) is 9.65. The van der Waals surface area contributed by atoms with Gasteiger partial charge in [0, 0.05) is 44.1 Å². The standard InChI is InChI=1S/C26H27F2N7O3S/c1-25(20-13-18(7-8-21(20)28)32-23(36)22-9-6-17(27)14-31-22)26(39(37,38)34(2)24(29)33-25)10-12-35(16-26)15-19-5-3-4-11-30-19/h3-9,11,13-14H,10,12,15-16H2,1-2H3,(H2,29,33)(H,32,36)/t25-,26+/m1/s1. The maximum atomic E-state index is 15.6. The fourth-order valence-electron chi connectivity index (χ4n) is 5.35. The molecule has 0 aliphatic carbocycles. The van der Waals surface area contributed by atoms with Gasteiger partial charge < -0.3 is 11.1 Å². The molecule has 0 radical (unpaired) electrons. The molecule has 1 fully saturated rings. The molecule has 0 saturated carbocycles. The number of likely N-dealkylation sites (tertiary alicyclic amines) is 1. The van der Waals surface area contributed by atoms with Gasteiger partial charge in [0.15, 0.2) is 0 Å². The number of guanidine groups is 1. The van der Waals surface area contributed by atoms with Crippen LogP contribution in [0.25, 0.3) is 0 Å². The van der Waals surface area contributed by atoms with Crippen LogP contribution in [0.1, 0.15) is 35.1 Å². The smallest absolute Gasteiger partial charge is 0.274 e. The Bertz CT molecular complexity index is 1550. The molecule has 0 bridgehead atoms. The lowest BCUT2D eigenvalue weighted by molar-refractivity contribution is 0.102. The topological polar surface area (TPSA) is 134 Å². The number of aromatic nitrogens is 2. The van der Waals surface area contributed by atoms with Crippen LogP contribution in [-0.4, -0.2) is 64.3 Å². The maximum Gasteiger partial charge on any atom is 0.274 e. The summed E-state index contributed by atoms with van der Waals surface area (Å²) in [6.07, 6.45) is 2.74. The Morgan fingerprint density at radius 2 is 1.95 bits per heavy atom. The maximum absolute atomic E-state index is 15.6. The second-order valence-electron chi connectivity index (χ2n) is 9.80. The minimum atomic E-state index is -4.12. The van der Waals surface area contributed by atoms with Gasteiger partial charge in [-0.05, 0) is 55.8 Å². The Hall–Kier alpha value is -3.97. The van der Waals surface area contributed by atoms with E-state index in [4.69, 9.17) is 5.73 Å². The Morgan fingerprint density at radius 1 is 1.15 bits per heavy atom. The van der Waals surface area contributed by atoms with E-state index in [1.54, 1.807) is 19.2 Å². The number of sulfonamides is 1. The van der Waals surface area contributed by atoms with Crippen molar-refractivity contribution in [1.29, 1.82) is 0 Å². The van der Waals surface area contributed by atoms with Gasteiger partial charge in [-0.1, -0.05) is 6.07 Å². The van der Waals surface area contributed by atoms with Crippen molar-refractivity contribution in [2.24, 2.45) is 10.7 Å². The Morgan fingerprint density at radius 3 is 2.64 bits per heavy atom. The summed E-state index contributed by atoms with van der Waals surface area (Å²) >= 11 is 0. The number of rotatable bonds is 5. The van der Waals surface area contributed by atoms with Gasteiger partial charge in [-0.15, -0.1) is 0 Å². The zero-order chi connectivity index (χ0) is 28.0. The molecule has 4 heterocycles. The van der Waals surface area contributed by atoms with Crippen LogP contribution in [0.3, 0.4) is 0 Å². The van der Waals surface area contributed by atoms with Crippen molar-refractivity contribution < 1.29 is 22.0 Å². The molecule has 1 amide bonds. The number of nitrogens with two attached hydrogens (primary N) is 1. The summed E-state index contributed by atoms with van der Waals surface area (Å²) in [6, 6.07) is 11.7. The quantitative estimate of drug-likeness (QED) is 0.494. The number of hydrogen-bond donors (Lipinski definition) is 2. The van der Waals surface area contributed by atoms with Crippen molar-refractivity contribution >= 4 is 27.6 Å². The van der Waals surface area contributed by atoms with Crippen molar-refractivity contribution in [2.45, 2.75) is 30.2 Å². The number of anilines is 1. The highest BCUT2D eigenvalue weighted by molar-refractivity contribution is 7.91. The molecule has 10 nitrogen and oxygen atoms in total. The van der Waals surface area contributed by atoms with Gasteiger partial charge in [-0.3, -0.25) is 14.7 Å². The first-order valence-electron chi connectivity index (χ1n) is 12.2. The van der Waals surface area contributed by atoms with E-state index >= 15 is 4.39 Å². The predicted octanol–water partition coefficient (Wildman–Crippen LogP) is 2.46. The number of hydrogen-bond acceptors (Lipinski definition) is 8. The van der Waals surface area contributed by atoms with Crippen molar-refractivity contribution in [2.75, 3.05) is 25.5 Å². The molecule has 2 aromatic heterocycles. The van der Waals surface area contributed by atoms with Crippen LogP contribution in [0, 0.1) is 11.6 Å². The summed E-state index contributed by atoms with van der Waals surface area (Å²) in [5.41, 5.74) is 5.31. The molecule has 1 spiro atoms. The first-order chi connectivity index (χ1) is 18.5. The molecule has 1 saturated heterocycles. The summed E-state index contributed by atoms with van der Waals surface area (Å²) in [5.74, 6) is -2.21. The molecular formula is C26H27F2N7O3S. The van der Waals surface area contributed by atoms with E-state index in [1.807, 2.05) is 17.0 Å². The summed E-state index contributed by atoms with van der Waals surface area (Å²) in [7, 11) is -2.78. The van der Waals surface area contributed by atoms with Gasteiger partial charge in [0.25, 0.3) is 5.91 Å². The van der Waals surface area contributed by atoms with Gasteiger partial charge in [0.05, 0.1) is 11.9 Å². The predicted molar refractivity (Wildman–Crippen MR) is 141 cm³/mol. The number of pyridine rings is 2. The SMILES string of the molecule is CN1C(N)=N[C@](C)(c2cc(NC(=O)c3ccc(F)cn3)ccc2F)[C@@]2(CCN(Cc3ccccn3)C2)S1(=O)=O. The van der Waals surface area contributed by atoms with Crippen LogP contribution >= 0.6 is 0 Å². The number of nitrogens with zero attached hydrogens (tertiary/aromatic N) is 5. The van der Waals surface area contributed by atoms with E-state index in [-0.39, 0.29) is 35.9 Å². The van der Waals surface area contributed by atoms with Crippen LogP contribution in [0.5, 0.6) is 0 Å². The van der Waals surface area contributed by atoms with Crippen LogP contribution in [0.15, 0.2) is 65.9 Å². The molecule has 13 heteroatoms. The average Bonchev–Trinajstić information content (AvgIpc) is 3.35. The molecule has 2 atom stereocenters. The van der Waals surface area contributed by atoms with Gasteiger partial charge in [0.2, 0.25) is 16.0 Å². The van der Waals surface area contributed by atoms with E-state index in [1.165, 1.54) is 25.2 Å². The normalized spacial score (nSPS) is 24.5. The largest absolute Gasteiger partial charge is 0.369 e. The molecule has 39 heavy (non-hydrogen) atoms. The van der Waals surface area contributed by atoms with Crippen molar-refractivity contribution in [3.8, 4) is 0 Å². The number of carbonyl (C=O) groups excluding carboxylic acids is 1. The van der Waals surface area contributed by atoms with Crippen LogP contribution in [0.2, 0.25) is 0 Å². The van der Waals surface area contributed by atoms with Crippen molar-refractivity contribution in [1.82, 2.24) is 19.2 Å². The summed E-state index contributed by atoms with van der Waals surface area (Å²) in [4.78, 5) is 27.3. The Kier molecular flexibility index (Phi) is 6.59. The first-order valence-corrected chi connectivity index (χ1v) is 13.6. The van der Waals surface area contributed by atoms with Crippen LogP contribution < -0.4 is 11.1 Å². The number of carbonyl (C=O) groups is 1. The van der Waals surface area contributed by atoms with Gasteiger partial charge in [-0.25, -0.2) is 31.5 Å². The number of aliphatic imine (C=N–C) groups is 1. The third-order valence-electron chi connectivity index (χ3n) is 7.53. The lowest BCUT2D eigenvalue weighted by Gasteiger charge is -2.48. The fraction of sp³-hybridized carbons (Fsp3) is 0.308. The minimum absolute atomic E-state index is 0.0355. The molecule has 0 unspecified atom stereocenters. The molecule has 2 aliphatic heterocycles. The van der Waals surface area contributed by atoms with E-state index in [9.17, 15) is 17.6 Å². The first kappa shape index (κ1) is 26.6. The van der Waals surface area contributed by atoms with E-state index < -0.39 is 37.9 Å². The third kappa shape index (κ3) is 4.40. The molecule has 3 aromatic rings. The highest BCUT2D eigenvalue weighted by atomic mass is 32.2. The molecule has 2 aliphatic rings. The number of amides is 1. The van der Waals surface area contributed by atoms with E-state index in [0.717, 1.165) is 28.3 Å². The lowest BCUT2D eigenvalue weighted by Crippen LogP contribution is -2.66. The van der Waals surface area contributed by atoms with Crippen LogP contribution in [-0.2, 0) is 22.1 Å². The summed E-state index contributed by atoms with van der Waals surface area (Å²) in [5, 5.41) is 2.61. The van der Waals surface area contributed by atoms with Crippen molar-refractivity contribution in [3.63, 3.8) is 0 Å². The number of nitrogens with one attached hydrogen (secondary N) is 1. The lowest BCUT2D eigenvalue weighted by atomic mass is 9.78. The monoisotopic (exact) mass is 555 g/mol. The zero-order valence-electron chi connectivity index (χ0n) is 21.3. The highest BCUT2D eigenvalue weighted by Gasteiger charge is 2.66. The zero-order valence-corrected chi connectivity index (χ0v) is 22.1. The summed E-state index contributed by atoms with van der Waals surface area (Å²) in [6.45, 7) is 2.42. The van der Waals surface area contributed by atoms with Gasteiger partial charge >= 0.3 is 0 Å². The Labute approximate surface area is 224 Å². The molecule has 1 aromatic carbocycles. The van der Waals surface area contributed by atoms with Gasteiger partial charge in [-0.2, -0.15) is 0 Å². The van der Waals surface area contributed by atoms with Crippen molar-refractivity contribution in [3.05, 3.63) is 89.5 Å². The highest BCUT2D eigenvalue weighted by Crippen LogP contribution is 2.52. The van der Waals surface area contributed by atoms with E-state index in [2.05, 4.69) is 20.3 Å². The second-order valence-corrected chi connectivity index (χ2v) is 12.1. The molecule has 204 valence electrons.